The third-order valence-electron chi connectivity index (χ3n) is 1.51. The summed E-state index contributed by atoms with van der Waals surface area (Å²) in [6.07, 6.45) is 1.14. The lowest BCUT2D eigenvalue weighted by Gasteiger charge is -2.01. The van der Waals surface area contributed by atoms with Gasteiger partial charge >= 0.3 is 5.97 Å². The SMILES string of the molecule is C=C(C)C(=O)OCCO.CCCC(O)CO. The standard InChI is InChI=1S/C6H10O3.C5H12O2/c1-5(2)6(8)9-4-3-7;1-2-3-5(7)4-6/h7H,1,3-4H2,2H3;5-7H,2-4H2,1H3. The van der Waals surface area contributed by atoms with Crippen LogP contribution in [0, 0.1) is 0 Å². The molecule has 1 atom stereocenters. The Balaban J connectivity index is 0. The van der Waals surface area contributed by atoms with E-state index in [1.54, 1.807) is 6.92 Å². The maximum Gasteiger partial charge on any atom is 0.333 e. The Kier molecular flexibility index (Phi) is 13.3. The monoisotopic (exact) mass is 234 g/mol. The number of aliphatic hydroxyl groups excluding tert-OH is 3. The molecule has 0 fully saturated rings. The highest BCUT2D eigenvalue weighted by Crippen LogP contribution is 1.92. The molecule has 5 nitrogen and oxygen atoms in total. The topological polar surface area (TPSA) is 87.0 Å². The summed E-state index contributed by atoms with van der Waals surface area (Å²) in [6.45, 7) is 6.68. The molecule has 5 heteroatoms. The fraction of sp³-hybridized carbons (Fsp3) is 0.727. The van der Waals surface area contributed by atoms with Gasteiger partial charge < -0.3 is 20.1 Å². The maximum atomic E-state index is 10.5. The molecule has 0 heterocycles. The minimum Gasteiger partial charge on any atom is -0.460 e. The van der Waals surface area contributed by atoms with Gasteiger partial charge in [-0.25, -0.2) is 4.79 Å². The molecule has 0 spiro atoms. The number of ether oxygens (including phenoxy) is 1. The normalized spacial score (nSPS) is 11.1. The first-order valence-corrected chi connectivity index (χ1v) is 5.21. The Labute approximate surface area is 96.4 Å². The molecule has 0 aliphatic carbocycles. The van der Waals surface area contributed by atoms with E-state index in [0.29, 0.717) is 12.0 Å². The summed E-state index contributed by atoms with van der Waals surface area (Å²) in [4.78, 5) is 10.5. The Bertz CT molecular complexity index is 191. The van der Waals surface area contributed by atoms with E-state index in [2.05, 4.69) is 11.3 Å². The summed E-state index contributed by atoms with van der Waals surface area (Å²) in [7, 11) is 0. The number of carbonyl (C=O) groups excluding carboxylic acids is 1. The number of esters is 1. The van der Waals surface area contributed by atoms with Crippen molar-refractivity contribution >= 4 is 5.97 Å². The lowest BCUT2D eigenvalue weighted by Crippen LogP contribution is -2.10. The highest BCUT2D eigenvalue weighted by Gasteiger charge is 1.99. The fourth-order valence-electron chi connectivity index (χ4n) is 0.686. The molecule has 0 saturated heterocycles. The van der Waals surface area contributed by atoms with Crippen LogP contribution in [0.2, 0.25) is 0 Å². The Hall–Kier alpha value is -0.910. The molecule has 0 saturated carbocycles. The average Bonchev–Trinajstić information content (AvgIpc) is 2.26. The number of rotatable bonds is 6. The van der Waals surface area contributed by atoms with Crippen molar-refractivity contribution in [1.29, 1.82) is 0 Å². The zero-order chi connectivity index (χ0) is 13.0. The highest BCUT2D eigenvalue weighted by atomic mass is 16.5. The van der Waals surface area contributed by atoms with Crippen molar-refractivity contribution in [3.8, 4) is 0 Å². The zero-order valence-corrected chi connectivity index (χ0v) is 9.98. The molecular formula is C11H22O5. The van der Waals surface area contributed by atoms with Crippen LogP contribution in [0.1, 0.15) is 26.7 Å². The van der Waals surface area contributed by atoms with E-state index in [9.17, 15) is 4.79 Å². The number of hydrogen-bond donors (Lipinski definition) is 3. The molecular weight excluding hydrogens is 212 g/mol. The third-order valence-corrected chi connectivity index (χ3v) is 1.51. The van der Waals surface area contributed by atoms with Crippen LogP contribution in [0.5, 0.6) is 0 Å². The molecule has 0 radical (unpaired) electrons. The lowest BCUT2D eigenvalue weighted by molar-refractivity contribution is -0.139. The van der Waals surface area contributed by atoms with Crippen LogP contribution in [0.3, 0.4) is 0 Å². The van der Waals surface area contributed by atoms with Crippen LogP contribution in [-0.2, 0) is 9.53 Å². The van der Waals surface area contributed by atoms with Crippen LogP contribution >= 0.6 is 0 Å². The van der Waals surface area contributed by atoms with Gasteiger partial charge in [0.1, 0.15) is 6.61 Å². The molecule has 1 unspecified atom stereocenters. The molecule has 0 aliphatic rings. The van der Waals surface area contributed by atoms with E-state index in [1.807, 2.05) is 6.92 Å². The van der Waals surface area contributed by atoms with Crippen LogP contribution in [-0.4, -0.2) is 47.2 Å². The van der Waals surface area contributed by atoms with Gasteiger partial charge in [0.15, 0.2) is 0 Å². The fourth-order valence-corrected chi connectivity index (χ4v) is 0.686. The van der Waals surface area contributed by atoms with Gasteiger partial charge in [-0.15, -0.1) is 0 Å². The molecule has 0 aromatic carbocycles. The number of hydrogen-bond acceptors (Lipinski definition) is 5. The van der Waals surface area contributed by atoms with Gasteiger partial charge in [-0.3, -0.25) is 0 Å². The average molecular weight is 234 g/mol. The summed E-state index contributed by atoms with van der Waals surface area (Å²) in [5.41, 5.74) is 0.350. The van der Waals surface area contributed by atoms with Gasteiger partial charge in [0.2, 0.25) is 0 Å². The third kappa shape index (κ3) is 13.1. The molecule has 16 heavy (non-hydrogen) atoms. The largest absolute Gasteiger partial charge is 0.460 e. The predicted octanol–water partition coefficient (Wildman–Crippen LogP) is 0.238. The van der Waals surface area contributed by atoms with Gasteiger partial charge in [-0.2, -0.15) is 0 Å². The smallest absolute Gasteiger partial charge is 0.333 e. The summed E-state index contributed by atoms with van der Waals surface area (Å²) in [5, 5.41) is 25.0. The summed E-state index contributed by atoms with van der Waals surface area (Å²) >= 11 is 0. The number of carbonyl (C=O) groups is 1. The van der Waals surface area contributed by atoms with Crippen molar-refractivity contribution in [1.82, 2.24) is 0 Å². The Morgan fingerprint density at radius 3 is 2.25 bits per heavy atom. The zero-order valence-electron chi connectivity index (χ0n) is 9.98. The lowest BCUT2D eigenvalue weighted by atomic mass is 10.2. The molecule has 0 bridgehead atoms. The molecule has 0 aromatic heterocycles. The van der Waals surface area contributed by atoms with Gasteiger partial charge in [0.05, 0.1) is 19.3 Å². The molecule has 96 valence electrons. The van der Waals surface area contributed by atoms with Crippen LogP contribution in [0.15, 0.2) is 12.2 Å². The minimum atomic E-state index is -0.495. The van der Waals surface area contributed by atoms with E-state index in [-0.39, 0.29) is 19.8 Å². The van der Waals surface area contributed by atoms with Gasteiger partial charge in [-0.05, 0) is 13.3 Å². The minimum absolute atomic E-state index is 0.0473. The van der Waals surface area contributed by atoms with Crippen molar-refractivity contribution in [2.75, 3.05) is 19.8 Å². The molecule has 0 aromatic rings. The Morgan fingerprint density at radius 2 is 2.00 bits per heavy atom. The van der Waals surface area contributed by atoms with Crippen LogP contribution in [0.4, 0.5) is 0 Å². The molecule has 0 amide bonds. The second-order valence-corrected chi connectivity index (χ2v) is 3.26. The maximum absolute atomic E-state index is 10.5. The first kappa shape index (κ1) is 17.5. The summed E-state index contributed by atoms with van der Waals surface area (Å²) in [5.74, 6) is -0.455. The van der Waals surface area contributed by atoms with Crippen molar-refractivity contribution < 1.29 is 24.9 Å². The number of aliphatic hydroxyl groups is 3. The van der Waals surface area contributed by atoms with Crippen LogP contribution < -0.4 is 0 Å². The second-order valence-electron chi connectivity index (χ2n) is 3.26. The highest BCUT2D eigenvalue weighted by molar-refractivity contribution is 5.86. The quantitative estimate of drug-likeness (QED) is 0.452. The van der Waals surface area contributed by atoms with Gasteiger partial charge in [0, 0.05) is 5.57 Å². The van der Waals surface area contributed by atoms with Gasteiger partial charge in [-0.1, -0.05) is 19.9 Å². The summed E-state index contributed by atoms with van der Waals surface area (Å²) in [6, 6.07) is 0. The summed E-state index contributed by atoms with van der Waals surface area (Å²) < 4.78 is 4.46. The van der Waals surface area contributed by atoms with Crippen molar-refractivity contribution in [3.63, 3.8) is 0 Å². The molecule has 0 rings (SSSR count). The van der Waals surface area contributed by atoms with Crippen molar-refractivity contribution in [2.24, 2.45) is 0 Å². The first-order chi connectivity index (χ1) is 7.49. The predicted molar refractivity (Wildman–Crippen MR) is 60.9 cm³/mol. The second kappa shape index (κ2) is 12.2. The van der Waals surface area contributed by atoms with E-state index in [0.717, 1.165) is 6.42 Å². The van der Waals surface area contributed by atoms with E-state index in [4.69, 9.17) is 15.3 Å². The first-order valence-electron chi connectivity index (χ1n) is 5.21. The van der Waals surface area contributed by atoms with E-state index >= 15 is 0 Å². The Morgan fingerprint density at radius 1 is 1.44 bits per heavy atom. The van der Waals surface area contributed by atoms with E-state index in [1.165, 1.54) is 0 Å². The van der Waals surface area contributed by atoms with Crippen molar-refractivity contribution in [2.45, 2.75) is 32.8 Å². The van der Waals surface area contributed by atoms with Crippen molar-refractivity contribution in [3.05, 3.63) is 12.2 Å². The van der Waals surface area contributed by atoms with Gasteiger partial charge in [0.25, 0.3) is 0 Å². The van der Waals surface area contributed by atoms with Crippen LogP contribution in [0.25, 0.3) is 0 Å². The molecule has 0 aliphatic heterocycles. The molecule has 3 N–H and O–H groups in total. The van der Waals surface area contributed by atoms with E-state index < -0.39 is 12.1 Å².